The number of hydrogen-bond donors (Lipinski definition) is 1. The van der Waals surface area contributed by atoms with Crippen LogP contribution in [0.25, 0.3) is 0 Å². The number of aryl methyl sites for hydroxylation is 1. The van der Waals surface area contributed by atoms with Gasteiger partial charge in [0.05, 0.1) is 22.3 Å². The van der Waals surface area contributed by atoms with Gasteiger partial charge in [-0.2, -0.15) is 0 Å². The zero-order valence-electron chi connectivity index (χ0n) is 15.1. The van der Waals surface area contributed by atoms with E-state index in [2.05, 4.69) is 5.32 Å². The minimum Gasteiger partial charge on any atom is -0.481 e. The maximum Gasteiger partial charge on any atom is 0.263 e. The van der Waals surface area contributed by atoms with Crippen LogP contribution in [0.3, 0.4) is 0 Å². The van der Waals surface area contributed by atoms with Crippen LogP contribution in [0.1, 0.15) is 12.5 Å². The lowest BCUT2D eigenvalue weighted by atomic mass is 10.2. The van der Waals surface area contributed by atoms with E-state index in [9.17, 15) is 9.59 Å². The van der Waals surface area contributed by atoms with Gasteiger partial charge in [0.1, 0.15) is 5.75 Å². The Hall–Kier alpha value is -1.95. The summed E-state index contributed by atoms with van der Waals surface area (Å²) < 4.78 is 5.70. The highest BCUT2D eigenvalue weighted by Gasteiger charge is 2.22. The van der Waals surface area contributed by atoms with E-state index >= 15 is 0 Å². The van der Waals surface area contributed by atoms with Gasteiger partial charge in [-0.15, -0.1) is 0 Å². The van der Waals surface area contributed by atoms with Gasteiger partial charge >= 0.3 is 0 Å². The third-order valence-corrected chi connectivity index (χ3v) is 4.64. The quantitative estimate of drug-likeness (QED) is 0.716. The Balaban J connectivity index is 1.96. The molecule has 144 valence electrons. The second-order valence-corrected chi connectivity index (χ2v) is 7.26. The van der Waals surface area contributed by atoms with Crippen molar-refractivity contribution in [1.29, 1.82) is 0 Å². The molecule has 0 bridgehead atoms. The summed E-state index contributed by atoms with van der Waals surface area (Å²) in [5.41, 5.74) is 1.13. The topological polar surface area (TPSA) is 58.6 Å². The Morgan fingerprint density at radius 2 is 1.78 bits per heavy atom. The number of rotatable bonds is 6. The fourth-order valence-electron chi connectivity index (χ4n) is 2.39. The van der Waals surface area contributed by atoms with Crippen LogP contribution in [0, 0.1) is 6.92 Å². The molecule has 2 rings (SSSR count). The molecular formula is C19H19Cl3N2O3. The van der Waals surface area contributed by atoms with Crippen molar-refractivity contribution in [1.82, 2.24) is 4.90 Å². The van der Waals surface area contributed by atoms with Gasteiger partial charge in [-0.3, -0.25) is 9.59 Å². The highest BCUT2D eigenvalue weighted by atomic mass is 35.5. The van der Waals surface area contributed by atoms with E-state index < -0.39 is 12.0 Å². The molecule has 8 heteroatoms. The smallest absolute Gasteiger partial charge is 0.263 e. The first-order chi connectivity index (χ1) is 12.7. The molecule has 0 aliphatic carbocycles. The molecule has 2 aromatic carbocycles. The van der Waals surface area contributed by atoms with Gasteiger partial charge in [0.25, 0.3) is 5.91 Å². The Bertz CT molecular complexity index is 838. The van der Waals surface area contributed by atoms with Gasteiger partial charge in [-0.1, -0.05) is 40.9 Å². The Morgan fingerprint density at radius 1 is 1.15 bits per heavy atom. The average molecular weight is 430 g/mol. The minimum atomic E-state index is -0.772. The zero-order chi connectivity index (χ0) is 20.1. The van der Waals surface area contributed by atoms with Gasteiger partial charge in [-0.05, 0) is 49.7 Å². The number of halogens is 3. The summed E-state index contributed by atoms with van der Waals surface area (Å²) in [6.45, 7) is 3.28. The number of carbonyl (C=O) groups excluding carboxylic acids is 2. The van der Waals surface area contributed by atoms with Crippen molar-refractivity contribution in [2.75, 3.05) is 18.9 Å². The minimum absolute atomic E-state index is 0.173. The fraction of sp³-hybridized carbons (Fsp3) is 0.263. The van der Waals surface area contributed by atoms with E-state index in [0.29, 0.717) is 26.5 Å². The largest absolute Gasteiger partial charge is 0.481 e. The van der Waals surface area contributed by atoms with Crippen molar-refractivity contribution in [2.45, 2.75) is 20.0 Å². The van der Waals surface area contributed by atoms with Crippen molar-refractivity contribution < 1.29 is 14.3 Å². The molecule has 2 amide bonds. The van der Waals surface area contributed by atoms with E-state index in [4.69, 9.17) is 39.5 Å². The molecule has 1 N–H and O–H groups in total. The summed E-state index contributed by atoms with van der Waals surface area (Å²) in [5.74, 6) is -0.207. The van der Waals surface area contributed by atoms with Crippen LogP contribution in [0.4, 0.5) is 5.69 Å². The van der Waals surface area contributed by atoms with Crippen LogP contribution < -0.4 is 10.1 Å². The van der Waals surface area contributed by atoms with Crippen LogP contribution in [-0.4, -0.2) is 36.4 Å². The van der Waals surface area contributed by atoms with E-state index in [1.165, 1.54) is 11.9 Å². The average Bonchev–Trinajstić information content (AvgIpc) is 2.60. The second-order valence-electron chi connectivity index (χ2n) is 6.01. The number of nitrogens with one attached hydrogen (secondary N) is 1. The molecule has 0 aromatic heterocycles. The summed E-state index contributed by atoms with van der Waals surface area (Å²) in [4.78, 5) is 26.0. The first-order valence-corrected chi connectivity index (χ1v) is 9.24. The lowest BCUT2D eigenvalue weighted by Gasteiger charge is -2.22. The Kier molecular flexibility index (Phi) is 7.36. The number of benzene rings is 2. The predicted octanol–water partition coefficient (Wildman–Crippen LogP) is 4.82. The summed E-state index contributed by atoms with van der Waals surface area (Å²) in [7, 11) is 1.52. The zero-order valence-corrected chi connectivity index (χ0v) is 17.3. The number of likely N-dealkylation sites (N-methyl/N-ethyl adjacent to an activating group) is 1. The molecule has 0 saturated heterocycles. The molecule has 0 aliphatic rings. The van der Waals surface area contributed by atoms with Crippen molar-refractivity contribution >= 4 is 52.3 Å². The molecule has 0 fully saturated rings. The van der Waals surface area contributed by atoms with Crippen molar-refractivity contribution in [3.05, 3.63) is 57.0 Å². The number of para-hydroxylation sites is 1. The van der Waals surface area contributed by atoms with Crippen molar-refractivity contribution in [2.24, 2.45) is 0 Å². The van der Waals surface area contributed by atoms with Gasteiger partial charge in [0, 0.05) is 12.1 Å². The van der Waals surface area contributed by atoms with E-state index in [1.54, 1.807) is 43.3 Å². The molecule has 2 aromatic rings. The first kappa shape index (κ1) is 21.4. The fourth-order valence-corrected chi connectivity index (χ4v) is 3.10. The third kappa shape index (κ3) is 5.76. The number of nitrogens with zero attached hydrogens (tertiary/aromatic N) is 1. The van der Waals surface area contributed by atoms with E-state index in [0.717, 1.165) is 5.56 Å². The summed E-state index contributed by atoms with van der Waals surface area (Å²) in [6.07, 6.45) is -0.772. The van der Waals surface area contributed by atoms with Crippen LogP contribution in [0.2, 0.25) is 15.1 Å². The van der Waals surface area contributed by atoms with Gasteiger partial charge in [-0.25, -0.2) is 0 Å². The number of anilines is 1. The molecule has 5 nitrogen and oxygen atoms in total. The molecule has 27 heavy (non-hydrogen) atoms. The third-order valence-electron chi connectivity index (χ3n) is 3.77. The van der Waals surface area contributed by atoms with Gasteiger partial charge in [0.15, 0.2) is 6.10 Å². The SMILES string of the molecule is Cc1cc(Cl)ccc1OC(C)C(=O)N(C)CC(=O)Nc1c(Cl)cccc1Cl. The van der Waals surface area contributed by atoms with E-state index in [-0.39, 0.29) is 12.5 Å². The predicted molar refractivity (Wildman–Crippen MR) is 109 cm³/mol. The Morgan fingerprint density at radius 3 is 2.37 bits per heavy atom. The summed E-state index contributed by atoms with van der Waals surface area (Å²) in [6, 6.07) is 10.0. The highest BCUT2D eigenvalue weighted by molar-refractivity contribution is 6.39. The number of carbonyl (C=O) groups is 2. The number of amides is 2. The Labute approximate surface area is 173 Å². The van der Waals surface area contributed by atoms with Crippen LogP contribution in [-0.2, 0) is 9.59 Å². The maximum atomic E-state index is 12.5. The maximum absolute atomic E-state index is 12.5. The molecule has 0 heterocycles. The standard InChI is InChI=1S/C19H19Cl3N2O3/c1-11-9-13(20)7-8-16(11)27-12(2)19(26)24(3)10-17(25)23-18-14(21)5-4-6-15(18)22/h4-9,12H,10H2,1-3H3,(H,23,25). The van der Waals surface area contributed by atoms with Gasteiger partial charge < -0.3 is 15.0 Å². The van der Waals surface area contributed by atoms with Crippen molar-refractivity contribution in [3.8, 4) is 5.75 Å². The normalized spacial score (nSPS) is 11.6. The second kappa shape index (κ2) is 9.31. The molecular weight excluding hydrogens is 411 g/mol. The summed E-state index contributed by atoms with van der Waals surface area (Å²) >= 11 is 18.0. The number of hydrogen-bond acceptors (Lipinski definition) is 3. The van der Waals surface area contributed by atoms with Gasteiger partial charge in [0.2, 0.25) is 5.91 Å². The first-order valence-electron chi connectivity index (χ1n) is 8.10. The van der Waals surface area contributed by atoms with E-state index in [1.807, 2.05) is 6.92 Å². The monoisotopic (exact) mass is 428 g/mol. The van der Waals surface area contributed by atoms with Crippen LogP contribution in [0.5, 0.6) is 5.75 Å². The molecule has 0 aliphatic heterocycles. The molecule has 1 atom stereocenters. The van der Waals surface area contributed by atoms with Crippen LogP contribution in [0.15, 0.2) is 36.4 Å². The molecule has 1 unspecified atom stereocenters. The lowest BCUT2D eigenvalue weighted by molar-refractivity contribution is -0.139. The van der Waals surface area contributed by atoms with Crippen LogP contribution >= 0.6 is 34.8 Å². The van der Waals surface area contributed by atoms with Crippen molar-refractivity contribution in [3.63, 3.8) is 0 Å². The number of ether oxygens (including phenoxy) is 1. The molecule has 0 saturated carbocycles. The lowest BCUT2D eigenvalue weighted by Crippen LogP contribution is -2.42. The highest BCUT2D eigenvalue weighted by Crippen LogP contribution is 2.29. The molecule has 0 spiro atoms. The summed E-state index contributed by atoms with van der Waals surface area (Å²) in [5, 5.41) is 3.84. The molecule has 0 radical (unpaired) electrons.